The fraction of sp³-hybridized carbons (Fsp3) is 0.222. The molecule has 0 aliphatic rings. The van der Waals surface area contributed by atoms with E-state index in [9.17, 15) is 9.59 Å². The molecule has 0 bridgehead atoms. The molecule has 3 heterocycles. The Hall–Kier alpha value is -2.85. The fourth-order valence-electron chi connectivity index (χ4n) is 2.74. The molecular weight excluding hydrogens is 396 g/mol. The molecule has 1 amide bonds. The van der Waals surface area contributed by atoms with Crippen molar-refractivity contribution in [1.82, 2.24) is 24.7 Å². The Labute approximate surface area is 168 Å². The number of aromatic nitrogens is 5. The normalized spacial score (nSPS) is 12.4. The molecule has 144 valence electrons. The largest absolute Gasteiger partial charge is 0.325 e. The summed E-state index contributed by atoms with van der Waals surface area (Å²) in [6.07, 6.45) is 0.719. The van der Waals surface area contributed by atoms with E-state index in [1.807, 2.05) is 30.0 Å². The molecule has 1 atom stereocenters. The van der Waals surface area contributed by atoms with Crippen molar-refractivity contribution < 1.29 is 4.79 Å². The number of nitrogens with one attached hydrogen (secondary N) is 3. The van der Waals surface area contributed by atoms with E-state index in [2.05, 4.69) is 31.5 Å². The molecular formula is C18H18N6O2S2. The van der Waals surface area contributed by atoms with Gasteiger partial charge in [-0.1, -0.05) is 17.8 Å². The van der Waals surface area contributed by atoms with Crippen molar-refractivity contribution >= 4 is 45.7 Å². The quantitative estimate of drug-likeness (QED) is 0.421. The summed E-state index contributed by atoms with van der Waals surface area (Å²) < 4.78 is 1.92. The summed E-state index contributed by atoms with van der Waals surface area (Å²) in [4.78, 5) is 30.5. The number of anilines is 1. The molecule has 0 aliphatic carbocycles. The molecule has 4 rings (SSSR count). The van der Waals surface area contributed by atoms with Gasteiger partial charge >= 0.3 is 5.69 Å². The van der Waals surface area contributed by atoms with E-state index >= 15 is 0 Å². The van der Waals surface area contributed by atoms with Crippen molar-refractivity contribution in [3.8, 4) is 0 Å². The number of carbonyl (C=O) groups excluding carboxylic acids is 1. The zero-order valence-corrected chi connectivity index (χ0v) is 16.9. The topological polar surface area (TPSA) is 108 Å². The molecule has 8 nitrogen and oxygen atoms in total. The molecule has 3 N–H and O–H groups in total. The van der Waals surface area contributed by atoms with Gasteiger partial charge < -0.3 is 19.9 Å². The van der Waals surface area contributed by atoms with Crippen LogP contribution in [0, 0.1) is 0 Å². The Morgan fingerprint density at radius 3 is 2.89 bits per heavy atom. The number of hydrogen-bond acceptors (Lipinski definition) is 6. The summed E-state index contributed by atoms with van der Waals surface area (Å²) in [6, 6.07) is 9.31. The van der Waals surface area contributed by atoms with Crippen LogP contribution in [-0.2, 0) is 18.3 Å². The number of amides is 1. The SMILES string of the molecule is C[C@H](Sc1nnc(Cc2cccs2)n1C)C(=O)Nc1ccc2[nH]c(=O)[nH]c2c1. The first-order valence-corrected chi connectivity index (χ1v) is 10.4. The molecule has 0 aliphatic heterocycles. The number of imidazole rings is 1. The van der Waals surface area contributed by atoms with Crippen LogP contribution >= 0.6 is 23.1 Å². The maximum absolute atomic E-state index is 12.6. The molecule has 0 saturated carbocycles. The maximum atomic E-state index is 12.6. The van der Waals surface area contributed by atoms with Crippen molar-refractivity contribution in [2.75, 3.05) is 5.32 Å². The smallest absolute Gasteiger partial charge is 0.323 e. The summed E-state index contributed by atoms with van der Waals surface area (Å²) in [5.41, 5.74) is 1.69. The summed E-state index contributed by atoms with van der Waals surface area (Å²) >= 11 is 3.04. The van der Waals surface area contributed by atoms with Gasteiger partial charge in [0.05, 0.1) is 16.3 Å². The van der Waals surface area contributed by atoms with Crippen LogP contribution in [0.15, 0.2) is 45.7 Å². The summed E-state index contributed by atoms with van der Waals surface area (Å²) in [7, 11) is 1.91. The number of thioether (sulfide) groups is 1. The average Bonchev–Trinajstić information content (AvgIpc) is 3.38. The van der Waals surface area contributed by atoms with E-state index in [1.54, 1.807) is 29.5 Å². The van der Waals surface area contributed by atoms with Crippen molar-refractivity contribution in [2.24, 2.45) is 7.05 Å². The molecule has 4 aromatic rings. The van der Waals surface area contributed by atoms with Crippen LogP contribution in [0.5, 0.6) is 0 Å². The van der Waals surface area contributed by atoms with Gasteiger partial charge in [0, 0.05) is 24.0 Å². The van der Waals surface area contributed by atoms with Crippen LogP contribution in [0.2, 0.25) is 0 Å². The van der Waals surface area contributed by atoms with Gasteiger partial charge in [-0.3, -0.25) is 4.79 Å². The minimum atomic E-state index is -0.363. The molecule has 0 radical (unpaired) electrons. The molecule has 10 heteroatoms. The Balaban J connectivity index is 1.42. The van der Waals surface area contributed by atoms with Gasteiger partial charge in [0.15, 0.2) is 5.16 Å². The first-order valence-electron chi connectivity index (χ1n) is 8.60. The fourth-order valence-corrected chi connectivity index (χ4v) is 4.27. The van der Waals surface area contributed by atoms with Crippen molar-refractivity contribution in [3.05, 3.63) is 56.9 Å². The van der Waals surface area contributed by atoms with Gasteiger partial charge in [-0.15, -0.1) is 21.5 Å². The number of thiophene rings is 1. The average molecular weight is 415 g/mol. The summed E-state index contributed by atoms with van der Waals surface area (Å²) in [5.74, 6) is 0.712. The third-order valence-corrected chi connectivity index (χ3v) is 6.28. The highest BCUT2D eigenvalue weighted by molar-refractivity contribution is 8.00. The number of hydrogen-bond donors (Lipinski definition) is 3. The van der Waals surface area contributed by atoms with E-state index in [1.165, 1.54) is 16.6 Å². The number of nitrogens with zero attached hydrogens (tertiary/aromatic N) is 3. The van der Waals surface area contributed by atoms with Crippen LogP contribution in [0.1, 0.15) is 17.6 Å². The maximum Gasteiger partial charge on any atom is 0.323 e. The molecule has 0 spiro atoms. The lowest BCUT2D eigenvalue weighted by Gasteiger charge is -2.11. The van der Waals surface area contributed by atoms with Gasteiger partial charge in [-0.25, -0.2) is 4.79 Å². The van der Waals surface area contributed by atoms with E-state index in [4.69, 9.17) is 0 Å². The Morgan fingerprint density at radius 2 is 2.11 bits per heavy atom. The second-order valence-corrected chi connectivity index (χ2v) is 8.64. The first kappa shape index (κ1) is 18.5. The minimum absolute atomic E-state index is 0.148. The summed E-state index contributed by atoms with van der Waals surface area (Å²) in [5, 5.41) is 13.7. The second-order valence-electron chi connectivity index (χ2n) is 6.30. The number of rotatable bonds is 6. The number of benzene rings is 1. The van der Waals surface area contributed by atoms with Crippen molar-refractivity contribution in [3.63, 3.8) is 0 Å². The monoisotopic (exact) mass is 414 g/mol. The lowest BCUT2D eigenvalue weighted by atomic mass is 10.2. The molecule has 3 aromatic heterocycles. The van der Waals surface area contributed by atoms with Crippen LogP contribution in [0.25, 0.3) is 11.0 Å². The number of aromatic amines is 2. The highest BCUT2D eigenvalue weighted by Crippen LogP contribution is 2.24. The third-order valence-electron chi connectivity index (χ3n) is 4.27. The standard InChI is InChI=1S/C18H18N6O2S2/c1-10(16(25)19-11-5-6-13-14(8-11)21-17(26)20-13)28-18-23-22-15(24(18)2)9-12-4-3-7-27-12/h3-8,10H,9H2,1-2H3,(H,19,25)(H2,20,21,26)/t10-/m0/s1. The Kier molecular flexibility index (Phi) is 5.05. The highest BCUT2D eigenvalue weighted by atomic mass is 32.2. The van der Waals surface area contributed by atoms with E-state index < -0.39 is 0 Å². The van der Waals surface area contributed by atoms with Crippen LogP contribution in [-0.4, -0.2) is 35.9 Å². The molecule has 0 fully saturated rings. The zero-order chi connectivity index (χ0) is 19.7. The number of H-pyrrole nitrogens is 2. The predicted octanol–water partition coefficient (Wildman–Crippen LogP) is 2.76. The van der Waals surface area contributed by atoms with Gasteiger partial charge in [0.1, 0.15) is 5.82 Å². The van der Waals surface area contributed by atoms with Gasteiger partial charge in [-0.05, 0) is 36.6 Å². The Morgan fingerprint density at radius 1 is 1.29 bits per heavy atom. The number of carbonyl (C=O) groups is 1. The molecule has 0 unspecified atom stereocenters. The van der Waals surface area contributed by atoms with Gasteiger partial charge in [-0.2, -0.15) is 0 Å². The lowest BCUT2D eigenvalue weighted by molar-refractivity contribution is -0.115. The van der Waals surface area contributed by atoms with E-state index in [0.29, 0.717) is 21.9 Å². The summed E-state index contributed by atoms with van der Waals surface area (Å²) in [6.45, 7) is 1.82. The molecule has 28 heavy (non-hydrogen) atoms. The van der Waals surface area contributed by atoms with Crippen molar-refractivity contribution in [1.29, 1.82) is 0 Å². The van der Waals surface area contributed by atoms with E-state index in [-0.39, 0.29) is 16.8 Å². The first-order chi connectivity index (χ1) is 13.5. The predicted molar refractivity (Wildman–Crippen MR) is 111 cm³/mol. The van der Waals surface area contributed by atoms with Gasteiger partial charge in [0.2, 0.25) is 5.91 Å². The zero-order valence-electron chi connectivity index (χ0n) is 15.2. The van der Waals surface area contributed by atoms with Crippen LogP contribution < -0.4 is 11.0 Å². The number of fused-ring (bicyclic) bond motifs is 1. The lowest BCUT2D eigenvalue weighted by Crippen LogP contribution is -2.22. The highest BCUT2D eigenvalue weighted by Gasteiger charge is 2.19. The Bertz CT molecular complexity index is 1170. The van der Waals surface area contributed by atoms with Crippen LogP contribution in [0.3, 0.4) is 0 Å². The van der Waals surface area contributed by atoms with Crippen LogP contribution in [0.4, 0.5) is 5.69 Å². The second kappa shape index (κ2) is 7.64. The third kappa shape index (κ3) is 3.87. The van der Waals surface area contributed by atoms with Crippen molar-refractivity contribution in [2.45, 2.75) is 23.8 Å². The van der Waals surface area contributed by atoms with E-state index in [0.717, 1.165) is 12.2 Å². The van der Waals surface area contributed by atoms with Gasteiger partial charge in [0.25, 0.3) is 0 Å². The molecule has 0 saturated heterocycles. The molecule has 1 aromatic carbocycles. The minimum Gasteiger partial charge on any atom is -0.325 e.